The van der Waals surface area contributed by atoms with Gasteiger partial charge in [0.1, 0.15) is 0 Å². The number of carbonyl (C=O) groups is 1. The minimum absolute atomic E-state index is 0.00398. The molecule has 92 valence electrons. The molecule has 1 unspecified atom stereocenters. The van der Waals surface area contributed by atoms with E-state index < -0.39 is 6.09 Å². The van der Waals surface area contributed by atoms with E-state index >= 15 is 0 Å². The molecular formula is C13H16BrNO2. The van der Waals surface area contributed by atoms with Crippen LogP contribution in [0, 0.1) is 5.41 Å². The van der Waals surface area contributed by atoms with Crippen LogP contribution in [-0.2, 0) is 6.42 Å². The van der Waals surface area contributed by atoms with E-state index in [4.69, 9.17) is 0 Å². The van der Waals surface area contributed by atoms with Crippen molar-refractivity contribution < 1.29 is 9.90 Å². The van der Waals surface area contributed by atoms with Gasteiger partial charge in [0.2, 0.25) is 0 Å². The second-order valence-corrected chi connectivity index (χ2v) is 6.43. The first kappa shape index (κ1) is 12.4. The topological polar surface area (TPSA) is 40.5 Å². The first-order valence-corrected chi connectivity index (χ1v) is 6.40. The number of benzene rings is 1. The summed E-state index contributed by atoms with van der Waals surface area (Å²) in [6.45, 7) is 6.23. The van der Waals surface area contributed by atoms with Crippen molar-refractivity contribution in [1.82, 2.24) is 0 Å². The molecule has 1 N–H and O–H groups in total. The second-order valence-electron chi connectivity index (χ2n) is 5.51. The highest BCUT2D eigenvalue weighted by Gasteiger charge is 2.40. The summed E-state index contributed by atoms with van der Waals surface area (Å²) in [5.74, 6) is 0. The van der Waals surface area contributed by atoms with E-state index in [1.807, 2.05) is 18.2 Å². The third-order valence-electron chi connectivity index (χ3n) is 3.24. The van der Waals surface area contributed by atoms with Gasteiger partial charge in [0.05, 0.1) is 5.69 Å². The number of hydrogen-bond acceptors (Lipinski definition) is 1. The van der Waals surface area contributed by atoms with Crippen molar-refractivity contribution in [2.24, 2.45) is 5.41 Å². The zero-order valence-corrected chi connectivity index (χ0v) is 11.8. The van der Waals surface area contributed by atoms with Crippen molar-refractivity contribution >= 4 is 27.7 Å². The molecule has 0 bridgehead atoms. The lowest BCUT2D eigenvalue weighted by atomic mass is 9.84. The number of hydrogen-bond donors (Lipinski definition) is 1. The predicted molar refractivity (Wildman–Crippen MR) is 71.6 cm³/mol. The van der Waals surface area contributed by atoms with Crippen LogP contribution in [0.3, 0.4) is 0 Å². The molecule has 17 heavy (non-hydrogen) atoms. The molecule has 1 aromatic carbocycles. The van der Waals surface area contributed by atoms with Crippen LogP contribution in [-0.4, -0.2) is 17.2 Å². The highest BCUT2D eigenvalue weighted by atomic mass is 79.9. The number of fused-ring (bicyclic) bond motifs is 1. The van der Waals surface area contributed by atoms with Crippen molar-refractivity contribution in [3.8, 4) is 0 Å². The molecule has 0 fully saturated rings. The zero-order valence-electron chi connectivity index (χ0n) is 10.2. The van der Waals surface area contributed by atoms with Gasteiger partial charge >= 0.3 is 6.09 Å². The Labute approximate surface area is 110 Å². The van der Waals surface area contributed by atoms with E-state index in [0.29, 0.717) is 0 Å². The molecule has 1 atom stereocenters. The van der Waals surface area contributed by atoms with Crippen LogP contribution in [0.2, 0.25) is 0 Å². The average Bonchev–Trinajstić information content (AvgIpc) is 2.55. The summed E-state index contributed by atoms with van der Waals surface area (Å²) in [5, 5.41) is 9.40. The highest BCUT2D eigenvalue weighted by Crippen LogP contribution is 2.40. The van der Waals surface area contributed by atoms with Gasteiger partial charge in [-0.2, -0.15) is 0 Å². The molecule has 1 aliphatic rings. The Morgan fingerprint density at radius 3 is 2.65 bits per heavy atom. The predicted octanol–water partition coefficient (Wildman–Crippen LogP) is 3.90. The zero-order chi connectivity index (χ0) is 12.8. The molecule has 0 radical (unpaired) electrons. The normalized spacial score (nSPS) is 19.3. The lowest BCUT2D eigenvalue weighted by molar-refractivity contribution is 0.191. The minimum Gasteiger partial charge on any atom is -0.465 e. The molecule has 3 nitrogen and oxygen atoms in total. The third-order valence-corrected chi connectivity index (χ3v) is 3.73. The van der Waals surface area contributed by atoms with Gasteiger partial charge in [0.15, 0.2) is 0 Å². The summed E-state index contributed by atoms with van der Waals surface area (Å²) in [5.41, 5.74) is 1.85. The Morgan fingerprint density at radius 2 is 2.12 bits per heavy atom. The van der Waals surface area contributed by atoms with Crippen LogP contribution in [0.1, 0.15) is 26.3 Å². The number of amides is 1. The van der Waals surface area contributed by atoms with Gasteiger partial charge in [-0.05, 0) is 29.5 Å². The van der Waals surface area contributed by atoms with Crippen LogP contribution in [0.15, 0.2) is 22.7 Å². The maximum absolute atomic E-state index is 11.4. The fraction of sp³-hybridized carbons (Fsp3) is 0.462. The van der Waals surface area contributed by atoms with Crippen LogP contribution in [0.25, 0.3) is 0 Å². The van der Waals surface area contributed by atoms with E-state index in [1.165, 1.54) is 4.90 Å². The molecule has 1 aromatic rings. The molecule has 2 rings (SSSR count). The number of carboxylic acid groups (broad SMARTS) is 1. The monoisotopic (exact) mass is 297 g/mol. The van der Waals surface area contributed by atoms with Gasteiger partial charge in [-0.1, -0.05) is 42.8 Å². The van der Waals surface area contributed by atoms with Crippen molar-refractivity contribution in [2.75, 3.05) is 4.90 Å². The highest BCUT2D eigenvalue weighted by molar-refractivity contribution is 9.10. The summed E-state index contributed by atoms with van der Waals surface area (Å²) in [7, 11) is 0. The lowest BCUT2D eigenvalue weighted by Gasteiger charge is -2.33. The summed E-state index contributed by atoms with van der Waals surface area (Å²) in [4.78, 5) is 12.9. The Balaban J connectivity index is 2.49. The molecule has 0 saturated carbocycles. The van der Waals surface area contributed by atoms with Gasteiger partial charge in [0, 0.05) is 10.5 Å². The minimum atomic E-state index is -0.873. The first-order chi connectivity index (χ1) is 7.80. The van der Waals surface area contributed by atoms with E-state index in [0.717, 1.165) is 22.1 Å². The van der Waals surface area contributed by atoms with Gasteiger partial charge in [-0.3, -0.25) is 4.90 Å². The van der Waals surface area contributed by atoms with Crippen LogP contribution < -0.4 is 4.90 Å². The molecule has 1 amide bonds. The Morgan fingerprint density at radius 1 is 1.47 bits per heavy atom. The lowest BCUT2D eigenvalue weighted by Crippen LogP contribution is -2.44. The largest absolute Gasteiger partial charge is 0.465 e. The van der Waals surface area contributed by atoms with Gasteiger partial charge in [-0.25, -0.2) is 4.79 Å². The van der Waals surface area contributed by atoms with Gasteiger partial charge in [-0.15, -0.1) is 0 Å². The maximum atomic E-state index is 11.4. The van der Waals surface area contributed by atoms with Crippen molar-refractivity contribution in [3.63, 3.8) is 0 Å². The van der Waals surface area contributed by atoms with Gasteiger partial charge < -0.3 is 5.11 Å². The average molecular weight is 298 g/mol. The third kappa shape index (κ3) is 2.18. The first-order valence-electron chi connectivity index (χ1n) is 5.61. The van der Waals surface area contributed by atoms with Gasteiger partial charge in [0.25, 0.3) is 0 Å². The van der Waals surface area contributed by atoms with E-state index in [2.05, 4.69) is 36.7 Å². The number of rotatable bonds is 0. The SMILES string of the molecule is CC(C)(C)C1Cc2ccc(Br)cc2N1C(=O)O. The number of halogens is 1. The molecule has 4 heteroatoms. The van der Waals surface area contributed by atoms with Crippen LogP contribution in [0.4, 0.5) is 10.5 Å². The number of nitrogens with zero attached hydrogens (tertiary/aromatic N) is 1. The molecule has 0 aliphatic carbocycles. The fourth-order valence-corrected chi connectivity index (χ4v) is 2.68. The quantitative estimate of drug-likeness (QED) is 0.789. The summed E-state index contributed by atoms with van der Waals surface area (Å²) in [6, 6.07) is 5.85. The Bertz CT molecular complexity index is 465. The fourth-order valence-electron chi connectivity index (χ4n) is 2.33. The molecule has 1 aliphatic heterocycles. The molecule has 0 aromatic heterocycles. The Kier molecular flexibility index (Phi) is 2.94. The van der Waals surface area contributed by atoms with Crippen molar-refractivity contribution in [2.45, 2.75) is 33.2 Å². The van der Waals surface area contributed by atoms with E-state index in [1.54, 1.807) is 0 Å². The Hall–Kier alpha value is -1.03. The van der Waals surface area contributed by atoms with Crippen LogP contribution in [0.5, 0.6) is 0 Å². The van der Waals surface area contributed by atoms with Crippen LogP contribution >= 0.6 is 15.9 Å². The second kappa shape index (κ2) is 4.02. The molecule has 0 saturated heterocycles. The van der Waals surface area contributed by atoms with E-state index in [9.17, 15) is 9.90 Å². The molecule has 0 spiro atoms. The summed E-state index contributed by atoms with van der Waals surface area (Å²) < 4.78 is 0.914. The summed E-state index contributed by atoms with van der Waals surface area (Å²) >= 11 is 3.39. The summed E-state index contributed by atoms with van der Waals surface area (Å²) in [6.07, 6.45) is -0.0833. The number of anilines is 1. The van der Waals surface area contributed by atoms with E-state index in [-0.39, 0.29) is 11.5 Å². The molecule has 1 heterocycles. The molecular weight excluding hydrogens is 282 g/mol. The van der Waals surface area contributed by atoms with Crippen molar-refractivity contribution in [3.05, 3.63) is 28.2 Å². The smallest absolute Gasteiger partial charge is 0.412 e. The standard InChI is InChI=1S/C13H16BrNO2/c1-13(2,3)11-6-8-4-5-9(14)7-10(8)15(11)12(16)17/h4-5,7,11H,6H2,1-3H3,(H,16,17). The maximum Gasteiger partial charge on any atom is 0.412 e. The van der Waals surface area contributed by atoms with Crippen molar-refractivity contribution in [1.29, 1.82) is 0 Å².